The fraction of sp³-hybridized carbons (Fsp3) is 0.400. The van der Waals surface area contributed by atoms with Crippen molar-refractivity contribution in [2.45, 2.75) is 31.7 Å². The lowest BCUT2D eigenvalue weighted by Gasteiger charge is -2.23. The van der Waals surface area contributed by atoms with Gasteiger partial charge >= 0.3 is 0 Å². The maximum Gasteiger partial charge on any atom is 0.238 e. The number of rotatable bonds is 5. The molecule has 1 aromatic heterocycles. The Morgan fingerprint density at radius 3 is 2.88 bits per heavy atom. The molecule has 2 fully saturated rings. The minimum Gasteiger partial charge on any atom is -0.325 e. The van der Waals surface area contributed by atoms with Crippen LogP contribution in [0.2, 0.25) is 0 Å². The first-order valence-corrected chi connectivity index (χ1v) is 10.1. The molecular weight excluding hydrogens is 346 g/mol. The van der Waals surface area contributed by atoms with Crippen molar-refractivity contribution in [1.29, 1.82) is 0 Å². The van der Waals surface area contributed by atoms with E-state index in [-0.39, 0.29) is 11.8 Å². The lowest BCUT2D eigenvalue weighted by molar-refractivity contribution is -0.118. The summed E-state index contributed by atoms with van der Waals surface area (Å²) in [5, 5.41) is 5.09. The van der Waals surface area contributed by atoms with Gasteiger partial charge in [0.25, 0.3) is 0 Å². The zero-order chi connectivity index (χ0) is 17.9. The summed E-state index contributed by atoms with van der Waals surface area (Å²) in [5.74, 6) is 0.155. The Morgan fingerprint density at radius 2 is 2.12 bits per heavy atom. The number of carbonyl (C=O) groups excluding carboxylic acids is 2. The van der Waals surface area contributed by atoms with Gasteiger partial charge in [-0.2, -0.15) is 0 Å². The zero-order valence-corrected chi connectivity index (χ0v) is 15.5. The van der Waals surface area contributed by atoms with Crippen LogP contribution in [0, 0.1) is 0 Å². The maximum absolute atomic E-state index is 12.6. The summed E-state index contributed by atoms with van der Waals surface area (Å²) in [6, 6.07) is 12.2. The van der Waals surface area contributed by atoms with E-state index in [4.69, 9.17) is 0 Å². The summed E-state index contributed by atoms with van der Waals surface area (Å²) in [7, 11) is 0. The molecule has 0 saturated carbocycles. The van der Waals surface area contributed by atoms with E-state index in [9.17, 15) is 9.59 Å². The fourth-order valence-corrected chi connectivity index (χ4v) is 4.77. The molecule has 0 radical (unpaired) electrons. The Hall–Kier alpha value is -2.18. The summed E-state index contributed by atoms with van der Waals surface area (Å²) in [6.45, 7) is 2.11. The molecule has 2 aliphatic rings. The molecule has 3 heterocycles. The average molecular weight is 369 g/mol. The van der Waals surface area contributed by atoms with Crippen molar-refractivity contribution in [3.8, 4) is 0 Å². The molecule has 4 rings (SSSR count). The van der Waals surface area contributed by atoms with E-state index in [1.54, 1.807) is 16.2 Å². The van der Waals surface area contributed by atoms with Crippen molar-refractivity contribution < 1.29 is 9.59 Å². The van der Waals surface area contributed by atoms with Crippen LogP contribution < -0.4 is 10.2 Å². The van der Waals surface area contributed by atoms with Gasteiger partial charge in [-0.25, -0.2) is 0 Å². The molecule has 26 heavy (non-hydrogen) atoms. The first-order chi connectivity index (χ1) is 12.7. The van der Waals surface area contributed by atoms with Crippen LogP contribution in [0.25, 0.3) is 0 Å². The van der Waals surface area contributed by atoms with Gasteiger partial charge < -0.3 is 10.2 Å². The van der Waals surface area contributed by atoms with Crippen molar-refractivity contribution in [1.82, 2.24) is 4.90 Å². The van der Waals surface area contributed by atoms with Crippen molar-refractivity contribution in [2.75, 3.05) is 29.9 Å². The topological polar surface area (TPSA) is 52.7 Å². The highest BCUT2D eigenvalue weighted by molar-refractivity contribution is 7.10. The smallest absolute Gasteiger partial charge is 0.238 e. The van der Waals surface area contributed by atoms with Crippen molar-refractivity contribution in [2.24, 2.45) is 0 Å². The van der Waals surface area contributed by atoms with Crippen LogP contribution >= 0.6 is 11.3 Å². The number of amides is 2. The second-order valence-electron chi connectivity index (χ2n) is 6.89. The van der Waals surface area contributed by atoms with Gasteiger partial charge in [0.05, 0.1) is 6.54 Å². The average Bonchev–Trinajstić information content (AvgIpc) is 3.36. The largest absolute Gasteiger partial charge is 0.325 e. The maximum atomic E-state index is 12.6. The molecule has 1 unspecified atom stereocenters. The van der Waals surface area contributed by atoms with Gasteiger partial charge in [0.15, 0.2) is 0 Å². The van der Waals surface area contributed by atoms with Gasteiger partial charge in [0, 0.05) is 35.3 Å². The number of benzene rings is 1. The lowest BCUT2D eigenvalue weighted by Crippen LogP contribution is -2.32. The first-order valence-electron chi connectivity index (χ1n) is 9.18. The Balaban J connectivity index is 1.40. The fourth-order valence-electron chi connectivity index (χ4n) is 3.88. The van der Waals surface area contributed by atoms with Crippen LogP contribution in [0.1, 0.15) is 36.6 Å². The molecule has 5 nitrogen and oxygen atoms in total. The zero-order valence-electron chi connectivity index (χ0n) is 14.7. The molecule has 1 aromatic carbocycles. The summed E-state index contributed by atoms with van der Waals surface area (Å²) in [4.78, 5) is 29.9. The first kappa shape index (κ1) is 17.2. The predicted molar refractivity (Wildman–Crippen MR) is 105 cm³/mol. The van der Waals surface area contributed by atoms with Crippen LogP contribution in [0.3, 0.4) is 0 Å². The van der Waals surface area contributed by atoms with Crippen molar-refractivity contribution in [3.05, 3.63) is 46.7 Å². The van der Waals surface area contributed by atoms with Gasteiger partial charge in [-0.1, -0.05) is 12.1 Å². The lowest BCUT2D eigenvalue weighted by atomic mass is 10.2. The Labute approximate surface area is 157 Å². The summed E-state index contributed by atoms with van der Waals surface area (Å²) in [5.41, 5.74) is 1.61. The molecular formula is C20H23N3O2S. The van der Waals surface area contributed by atoms with E-state index in [1.807, 2.05) is 24.3 Å². The molecule has 0 aliphatic carbocycles. The summed E-state index contributed by atoms with van der Waals surface area (Å²) in [6.07, 6.45) is 3.74. The second kappa shape index (κ2) is 7.60. The third kappa shape index (κ3) is 3.66. The minimum absolute atomic E-state index is 0.00152. The number of carbonyl (C=O) groups is 2. The van der Waals surface area contributed by atoms with Crippen LogP contribution in [0.4, 0.5) is 11.4 Å². The highest BCUT2D eigenvalue weighted by atomic mass is 32.1. The van der Waals surface area contributed by atoms with Crippen molar-refractivity contribution in [3.63, 3.8) is 0 Å². The van der Waals surface area contributed by atoms with Crippen LogP contribution in [0.5, 0.6) is 0 Å². The molecule has 1 atom stereocenters. The molecule has 2 aromatic rings. The molecule has 0 bridgehead atoms. The highest BCUT2D eigenvalue weighted by Gasteiger charge is 2.28. The number of likely N-dealkylation sites (tertiary alicyclic amines) is 1. The number of hydrogen-bond donors (Lipinski definition) is 1. The third-order valence-electron chi connectivity index (χ3n) is 5.10. The molecule has 0 spiro atoms. The molecule has 136 valence electrons. The number of thiophene rings is 1. The Kier molecular flexibility index (Phi) is 5.04. The van der Waals surface area contributed by atoms with Gasteiger partial charge in [0.2, 0.25) is 11.8 Å². The molecule has 1 N–H and O–H groups in total. The van der Waals surface area contributed by atoms with Gasteiger partial charge in [0.1, 0.15) is 0 Å². The van der Waals surface area contributed by atoms with Gasteiger partial charge in [-0.3, -0.25) is 14.5 Å². The van der Waals surface area contributed by atoms with Gasteiger partial charge in [-0.15, -0.1) is 11.3 Å². The standard InChI is InChI=1S/C20H23N3O2S/c24-19(14-22-10-2-7-17(22)18-8-4-12-26-18)21-15-5-1-6-16(13-15)23-11-3-9-20(23)25/h1,4-6,8,12-13,17H,2-3,7,9-11,14H2,(H,21,24). The normalized spacial score (nSPS) is 20.7. The van der Waals surface area contributed by atoms with Crippen LogP contribution in [-0.2, 0) is 9.59 Å². The molecule has 2 aliphatic heterocycles. The predicted octanol–water partition coefficient (Wildman–Crippen LogP) is 3.65. The van der Waals surface area contributed by atoms with Crippen LogP contribution in [-0.4, -0.2) is 36.3 Å². The minimum atomic E-state index is -0.00152. The second-order valence-corrected chi connectivity index (χ2v) is 7.87. The molecule has 2 saturated heterocycles. The van der Waals surface area contributed by atoms with Crippen molar-refractivity contribution >= 4 is 34.5 Å². The molecule has 2 amide bonds. The monoisotopic (exact) mass is 369 g/mol. The third-order valence-corrected chi connectivity index (χ3v) is 6.07. The number of hydrogen-bond acceptors (Lipinski definition) is 4. The number of nitrogens with zero attached hydrogens (tertiary/aromatic N) is 2. The van der Waals surface area contributed by atoms with Gasteiger partial charge in [-0.05, 0) is 55.5 Å². The number of anilines is 2. The van der Waals surface area contributed by atoms with E-state index in [2.05, 4.69) is 27.7 Å². The SMILES string of the molecule is O=C(CN1CCCC1c1cccs1)Nc1cccc(N2CCCC2=O)c1. The van der Waals surface area contributed by atoms with E-state index < -0.39 is 0 Å². The van der Waals surface area contributed by atoms with Crippen LogP contribution in [0.15, 0.2) is 41.8 Å². The van der Waals surface area contributed by atoms with E-state index in [0.29, 0.717) is 19.0 Å². The highest BCUT2D eigenvalue weighted by Crippen LogP contribution is 2.34. The Bertz CT molecular complexity index is 790. The summed E-state index contributed by atoms with van der Waals surface area (Å²) >= 11 is 1.76. The van der Waals surface area contributed by atoms with E-state index in [1.165, 1.54) is 4.88 Å². The summed E-state index contributed by atoms with van der Waals surface area (Å²) < 4.78 is 0. The molecule has 6 heteroatoms. The quantitative estimate of drug-likeness (QED) is 0.875. The van der Waals surface area contributed by atoms with E-state index >= 15 is 0 Å². The van der Waals surface area contributed by atoms with E-state index in [0.717, 1.165) is 43.7 Å². The number of nitrogens with one attached hydrogen (secondary N) is 1. The Morgan fingerprint density at radius 1 is 1.19 bits per heavy atom.